The van der Waals surface area contributed by atoms with Crippen molar-refractivity contribution in [3.05, 3.63) is 24.0 Å². The average Bonchev–Trinajstić information content (AvgIpc) is 2.24. The summed E-state index contributed by atoms with van der Waals surface area (Å²) in [5, 5.41) is 5.39. The number of nitrogen functional groups attached to an aromatic ring is 1. The largest absolute Gasteiger partial charge is 0.395 e. The predicted molar refractivity (Wildman–Crippen MR) is 58.0 cm³/mol. The minimum atomic E-state index is -0.458. The number of hydrogen-bond donors (Lipinski definition) is 3. The second-order valence-electron chi connectivity index (χ2n) is 3.05. The van der Waals surface area contributed by atoms with Crippen LogP contribution >= 0.6 is 0 Å². The molecule has 5 heteroatoms. The van der Waals surface area contributed by atoms with Gasteiger partial charge in [-0.3, -0.25) is 4.79 Å². The van der Waals surface area contributed by atoms with E-state index in [1.165, 1.54) is 6.07 Å². The topological polar surface area (TPSA) is 67.2 Å². The molecule has 0 atom stereocenters. The molecule has 0 saturated heterocycles. The monoisotopic (exact) mass is 211 g/mol. The number of benzene rings is 1. The van der Waals surface area contributed by atoms with Gasteiger partial charge in [-0.2, -0.15) is 0 Å². The maximum absolute atomic E-state index is 13.0. The number of para-hydroxylation sites is 1. The second kappa shape index (κ2) is 5.19. The predicted octanol–water partition coefficient (Wildman–Crippen LogP) is 0.956. The fourth-order valence-corrected chi connectivity index (χ4v) is 1.13. The van der Waals surface area contributed by atoms with Crippen LogP contribution in [0.2, 0.25) is 0 Å². The Morgan fingerprint density at radius 3 is 2.93 bits per heavy atom. The highest BCUT2D eigenvalue weighted by molar-refractivity contribution is 5.76. The second-order valence-corrected chi connectivity index (χ2v) is 3.05. The zero-order valence-electron chi connectivity index (χ0n) is 8.51. The summed E-state index contributed by atoms with van der Waals surface area (Å²) in [5.41, 5.74) is 6.08. The molecule has 0 fully saturated rings. The third-order valence-electron chi connectivity index (χ3n) is 2.00. The lowest BCUT2D eigenvalue weighted by atomic mass is 10.2. The molecule has 0 bridgehead atoms. The minimum Gasteiger partial charge on any atom is -0.395 e. The Balaban J connectivity index is 2.51. The summed E-state index contributed by atoms with van der Waals surface area (Å²) in [6, 6.07) is 4.52. The number of nitrogens with one attached hydrogen (secondary N) is 2. The maximum Gasteiger partial charge on any atom is 0.221 e. The SMILES string of the molecule is CNC(=O)CCNc1cccc(F)c1N. The van der Waals surface area contributed by atoms with Crippen molar-refractivity contribution in [3.63, 3.8) is 0 Å². The zero-order valence-corrected chi connectivity index (χ0v) is 8.51. The van der Waals surface area contributed by atoms with E-state index >= 15 is 0 Å². The molecule has 0 unspecified atom stereocenters. The number of carbonyl (C=O) groups excluding carboxylic acids is 1. The van der Waals surface area contributed by atoms with E-state index in [0.29, 0.717) is 18.7 Å². The van der Waals surface area contributed by atoms with E-state index in [-0.39, 0.29) is 11.6 Å². The molecular weight excluding hydrogens is 197 g/mol. The van der Waals surface area contributed by atoms with Crippen LogP contribution in [0.5, 0.6) is 0 Å². The number of carbonyl (C=O) groups is 1. The molecular formula is C10H14FN3O. The highest BCUT2D eigenvalue weighted by Gasteiger charge is 2.04. The summed E-state index contributed by atoms with van der Waals surface area (Å²) in [4.78, 5) is 10.9. The fourth-order valence-electron chi connectivity index (χ4n) is 1.13. The summed E-state index contributed by atoms with van der Waals surface area (Å²) >= 11 is 0. The Kier molecular flexibility index (Phi) is 3.91. The van der Waals surface area contributed by atoms with E-state index in [9.17, 15) is 9.18 Å². The van der Waals surface area contributed by atoms with Gasteiger partial charge in [-0.25, -0.2) is 4.39 Å². The Morgan fingerprint density at radius 1 is 1.53 bits per heavy atom. The van der Waals surface area contributed by atoms with Crippen LogP contribution in [0.3, 0.4) is 0 Å². The van der Waals surface area contributed by atoms with Gasteiger partial charge in [-0.05, 0) is 12.1 Å². The molecule has 0 aromatic heterocycles. The molecule has 0 saturated carbocycles. The first-order valence-corrected chi connectivity index (χ1v) is 4.63. The van der Waals surface area contributed by atoms with E-state index in [1.54, 1.807) is 19.2 Å². The summed E-state index contributed by atoms with van der Waals surface area (Å²) in [7, 11) is 1.57. The van der Waals surface area contributed by atoms with Crippen LogP contribution in [0.1, 0.15) is 6.42 Å². The Morgan fingerprint density at radius 2 is 2.27 bits per heavy atom. The average molecular weight is 211 g/mol. The number of amides is 1. The lowest BCUT2D eigenvalue weighted by Gasteiger charge is -2.08. The van der Waals surface area contributed by atoms with Crippen molar-refractivity contribution in [1.29, 1.82) is 0 Å². The molecule has 0 heterocycles. The minimum absolute atomic E-state index is 0.0718. The molecule has 0 aliphatic carbocycles. The summed E-state index contributed by atoms with van der Waals surface area (Å²) < 4.78 is 13.0. The maximum atomic E-state index is 13.0. The van der Waals surface area contributed by atoms with Crippen molar-refractivity contribution in [2.24, 2.45) is 0 Å². The highest BCUT2D eigenvalue weighted by atomic mass is 19.1. The number of halogens is 1. The van der Waals surface area contributed by atoms with Crippen LogP contribution in [-0.2, 0) is 4.79 Å². The third kappa shape index (κ3) is 3.12. The van der Waals surface area contributed by atoms with Gasteiger partial charge < -0.3 is 16.4 Å². The molecule has 0 aliphatic heterocycles. The van der Waals surface area contributed by atoms with Crippen LogP contribution in [0.15, 0.2) is 18.2 Å². The van der Waals surface area contributed by atoms with Crippen molar-refractivity contribution in [1.82, 2.24) is 5.32 Å². The fraction of sp³-hybridized carbons (Fsp3) is 0.300. The quantitative estimate of drug-likeness (QED) is 0.650. The van der Waals surface area contributed by atoms with E-state index in [4.69, 9.17) is 5.73 Å². The van der Waals surface area contributed by atoms with E-state index in [1.807, 2.05) is 0 Å². The Bertz CT molecular complexity index is 355. The van der Waals surface area contributed by atoms with Gasteiger partial charge in [-0.1, -0.05) is 6.07 Å². The van der Waals surface area contributed by atoms with Crippen LogP contribution in [0.25, 0.3) is 0 Å². The molecule has 15 heavy (non-hydrogen) atoms. The van der Waals surface area contributed by atoms with E-state index in [2.05, 4.69) is 10.6 Å². The van der Waals surface area contributed by atoms with Crippen LogP contribution in [-0.4, -0.2) is 19.5 Å². The summed E-state index contributed by atoms with van der Waals surface area (Å²) in [6.07, 6.45) is 0.326. The normalized spacial score (nSPS) is 9.73. The van der Waals surface area contributed by atoms with E-state index in [0.717, 1.165) is 0 Å². The van der Waals surface area contributed by atoms with Gasteiger partial charge in [0.05, 0.1) is 11.4 Å². The molecule has 1 rings (SSSR count). The molecule has 0 spiro atoms. The van der Waals surface area contributed by atoms with Crippen LogP contribution in [0.4, 0.5) is 15.8 Å². The molecule has 0 radical (unpaired) electrons. The van der Waals surface area contributed by atoms with Gasteiger partial charge in [0, 0.05) is 20.0 Å². The van der Waals surface area contributed by atoms with Gasteiger partial charge >= 0.3 is 0 Å². The first-order chi connectivity index (χ1) is 7.15. The van der Waals surface area contributed by atoms with Crippen molar-refractivity contribution in [2.45, 2.75) is 6.42 Å². The van der Waals surface area contributed by atoms with Gasteiger partial charge in [0.2, 0.25) is 5.91 Å². The highest BCUT2D eigenvalue weighted by Crippen LogP contribution is 2.20. The van der Waals surface area contributed by atoms with Crippen LogP contribution < -0.4 is 16.4 Å². The van der Waals surface area contributed by atoms with Gasteiger partial charge in [-0.15, -0.1) is 0 Å². The smallest absolute Gasteiger partial charge is 0.221 e. The van der Waals surface area contributed by atoms with Crippen molar-refractivity contribution < 1.29 is 9.18 Å². The number of nitrogens with two attached hydrogens (primary N) is 1. The number of hydrogen-bond acceptors (Lipinski definition) is 3. The number of anilines is 2. The Labute approximate surface area is 87.7 Å². The lowest BCUT2D eigenvalue weighted by Crippen LogP contribution is -2.21. The van der Waals surface area contributed by atoms with Gasteiger partial charge in [0.15, 0.2) is 0 Å². The van der Waals surface area contributed by atoms with Crippen LogP contribution in [0, 0.1) is 5.82 Å². The van der Waals surface area contributed by atoms with Crippen molar-refractivity contribution in [2.75, 3.05) is 24.6 Å². The first-order valence-electron chi connectivity index (χ1n) is 4.63. The standard InChI is InChI=1S/C10H14FN3O/c1-13-9(15)5-6-14-8-4-2-3-7(11)10(8)12/h2-4,14H,5-6,12H2,1H3,(H,13,15). The molecule has 4 N–H and O–H groups in total. The molecule has 1 aromatic carbocycles. The first kappa shape index (κ1) is 11.3. The van der Waals surface area contributed by atoms with E-state index < -0.39 is 5.82 Å². The summed E-state index contributed by atoms with van der Waals surface area (Å²) in [5.74, 6) is -0.530. The third-order valence-corrected chi connectivity index (χ3v) is 2.00. The Hall–Kier alpha value is -1.78. The molecule has 4 nitrogen and oxygen atoms in total. The summed E-state index contributed by atoms with van der Waals surface area (Å²) in [6.45, 7) is 0.424. The molecule has 82 valence electrons. The number of rotatable bonds is 4. The van der Waals surface area contributed by atoms with Crippen molar-refractivity contribution in [3.8, 4) is 0 Å². The van der Waals surface area contributed by atoms with Crippen molar-refractivity contribution >= 4 is 17.3 Å². The lowest BCUT2D eigenvalue weighted by molar-refractivity contribution is -0.120. The molecule has 1 aromatic rings. The zero-order chi connectivity index (χ0) is 11.3. The molecule has 1 amide bonds. The van der Waals surface area contributed by atoms with Gasteiger partial charge in [0.25, 0.3) is 0 Å². The van der Waals surface area contributed by atoms with Gasteiger partial charge in [0.1, 0.15) is 5.82 Å². The molecule has 0 aliphatic rings.